The monoisotopic (exact) mass is 244 g/mol. The molecule has 0 saturated carbocycles. The Morgan fingerprint density at radius 3 is 2.88 bits per heavy atom. The molecular formula is C12H20O3S. The summed E-state index contributed by atoms with van der Waals surface area (Å²) in [5.41, 5.74) is -0.558. The summed E-state index contributed by atoms with van der Waals surface area (Å²) in [6.45, 7) is 2.14. The van der Waals surface area contributed by atoms with Gasteiger partial charge in [0.15, 0.2) is 0 Å². The van der Waals surface area contributed by atoms with Gasteiger partial charge >= 0.3 is 5.97 Å². The highest BCUT2D eigenvalue weighted by Crippen LogP contribution is 2.50. The average Bonchev–Trinajstić information content (AvgIpc) is 2.84. The van der Waals surface area contributed by atoms with Crippen molar-refractivity contribution in [1.29, 1.82) is 0 Å². The van der Waals surface area contributed by atoms with Crippen molar-refractivity contribution in [2.45, 2.75) is 51.2 Å². The zero-order valence-corrected chi connectivity index (χ0v) is 10.6. The third kappa shape index (κ3) is 2.09. The minimum absolute atomic E-state index is 0.0124. The Morgan fingerprint density at radius 1 is 1.56 bits per heavy atom. The Hall–Kier alpha value is -0.220. The van der Waals surface area contributed by atoms with E-state index < -0.39 is 11.4 Å². The van der Waals surface area contributed by atoms with E-state index >= 15 is 0 Å². The van der Waals surface area contributed by atoms with Crippen LogP contribution in [-0.2, 0) is 9.53 Å². The van der Waals surface area contributed by atoms with Gasteiger partial charge in [0.2, 0.25) is 0 Å². The van der Waals surface area contributed by atoms with Crippen LogP contribution in [0.4, 0.5) is 0 Å². The number of carbonyl (C=O) groups is 1. The van der Waals surface area contributed by atoms with Gasteiger partial charge in [-0.2, -0.15) is 11.8 Å². The zero-order valence-electron chi connectivity index (χ0n) is 9.78. The fourth-order valence-corrected chi connectivity index (χ4v) is 3.67. The van der Waals surface area contributed by atoms with Gasteiger partial charge in [-0.3, -0.25) is 4.79 Å². The van der Waals surface area contributed by atoms with E-state index in [0.717, 1.165) is 43.6 Å². The van der Waals surface area contributed by atoms with Crippen LogP contribution in [0.25, 0.3) is 0 Å². The molecule has 2 fully saturated rings. The first-order chi connectivity index (χ1) is 7.69. The van der Waals surface area contributed by atoms with Crippen molar-refractivity contribution >= 4 is 17.7 Å². The summed E-state index contributed by atoms with van der Waals surface area (Å²) in [6.07, 6.45) is 4.74. The maximum atomic E-state index is 11.5. The van der Waals surface area contributed by atoms with E-state index in [4.69, 9.17) is 4.74 Å². The van der Waals surface area contributed by atoms with Gasteiger partial charge in [-0.05, 0) is 43.6 Å². The van der Waals surface area contributed by atoms with E-state index in [1.165, 1.54) is 0 Å². The number of carboxylic acid groups (broad SMARTS) is 1. The van der Waals surface area contributed by atoms with Gasteiger partial charge in [-0.15, -0.1) is 0 Å². The summed E-state index contributed by atoms with van der Waals surface area (Å²) in [6, 6.07) is 0. The highest BCUT2D eigenvalue weighted by Gasteiger charge is 2.56. The molecule has 0 aromatic rings. The number of thioether (sulfide) groups is 1. The van der Waals surface area contributed by atoms with Crippen LogP contribution in [0.3, 0.4) is 0 Å². The highest BCUT2D eigenvalue weighted by molar-refractivity contribution is 7.99. The fourth-order valence-electron chi connectivity index (χ4n) is 3.03. The second-order valence-electron chi connectivity index (χ2n) is 4.79. The molecule has 2 bridgehead atoms. The molecule has 3 unspecified atom stereocenters. The van der Waals surface area contributed by atoms with Gasteiger partial charge in [0.25, 0.3) is 0 Å². The van der Waals surface area contributed by atoms with Crippen LogP contribution in [0.5, 0.6) is 0 Å². The number of ether oxygens (including phenoxy) is 1. The van der Waals surface area contributed by atoms with E-state index in [1.807, 2.05) is 11.8 Å². The molecule has 0 radical (unpaired) electrons. The minimum Gasteiger partial charge on any atom is -0.481 e. The SMILES string of the molecule is CCSCCCC1(C(=O)O)CC2CCC1O2. The predicted molar refractivity (Wildman–Crippen MR) is 64.8 cm³/mol. The van der Waals surface area contributed by atoms with Crippen LogP contribution in [0.15, 0.2) is 0 Å². The van der Waals surface area contributed by atoms with E-state index in [2.05, 4.69) is 6.92 Å². The lowest BCUT2D eigenvalue weighted by molar-refractivity contribution is -0.152. The number of carboxylic acids is 1. The van der Waals surface area contributed by atoms with Crippen LogP contribution in [0, 0.1) is 5.41 Å². The summed E-state index contributed by atoms with van der Waals surface area (Å²) < 4.78 is 5.72. The van der Waals surface area contributed by atoms with E-state index in [1.54, 1.807) is 0 Å². The second-order valence-corrected chi connectivity index (χ2v) is 6.18. The molecule has 0 spiro atoms. The molecule has 2 aliphatic rings. The van der Waals surface area contributed by atoms with E-state index in [-0.39, 0.29) is 12.2 Å². The van der Waals surface area contributed by atoms with Gasteiger partial charge < -0.3 is 9.84 Å². The Balaban J connectivity index is 1.93. The number of rotatable bonds is 6. The standard InChI is InChI=1S/C12H20O3S/c1-2-16-7-3-6-12(11(13)14)8-9-4-5-10(12)15-9/h9-10H,2-8H2,1H3,(H,13,14). The molecular weight excluding hydrogens is 224 g/mol. The van der Waals surface area contributed by atoms with Crippen molar-refractivity contribution in [1.82, 2.24) is 0 Å². The Kier molecular flexibility index (Phi) is 3.80. The summed E-state index contributed by atoms with van der Waals surface area (Å²) in [4.78, 5) is 11.5. The first kappa shape index (κ1) is 12.2. The van der Waals surface area contributed by atoms with Crippen LogP contribution in [-0.4, -0.2) is 34.8 Å². The maximum absolute atomic E-state index is 11.5. The molecule has 0 aliphatic carbocycles. The van der Waals surface area contributed by atoms with E-state index in [0.29, 0.717) is 0 Å². The Morgan fingerprint density at radius 2 is 2.38 bits per heavy atom. The smallest absolute Gasteiger partial charge is 0.312 e. The number of aliphatic carboxylic acids is 1. The van der Waals surface area contributed by atoms with Crippen molar-refractivity contribution in [3.05, 3.63) is 0 Å². The molecule has 0 aromatic heterocycles. The van der Waals surface area contributed by atoms with Gasteiger partial charge in [0.05, 0.1) is 17.6 Å². The summed E-state index contributed by atoms with van der Waals surface area (Å²) in [5, 5.41) is 9.46. The molecule has 0 amide bonds. The van der Waals surface area contributed by atoms with Crippen molar-refractivity contribution in [3.63, 3.8) is 0 Å². The first-order valence-electron chi connectivity index (χ1n) is 6.15. The lowest BCUT2D eigenvalue weighted by atomic mass is 9.71. The molecule has 1 N–H and O–H groups in total. The van der Waals surface area contributed by atoms with Crippen molar-refractivity contribution < 1.29 is 14.6 Å². The maximum Gasteiger partial charge on any atom is 0.312 e. The summed E-state index contributed by atoms with van der Waals surface area (Å²) in [7, 11) is 0. The topological polar surface area (TPSA) is 46.5 Å². The van der Waals surface area contributed by atoms with Crippen LogP contribution >= 0.6 is 11.8 Å². The first-order valence-corrected chi connectivity index (χ1v) is 7.31. The Labute approximate surface area is 101 Å². The summed E-state index contributed by atoms with van der Waals surface area (Å²) >= 11 is 1.89. The lowest BCUT2D eigenvalue weighted by Crippen LogP contribution is -2.40. The lowest BCUT2D eigenvalue weighted by Gasteiger charge is -2.30. The average molecular weight is 244 g/mol. The van der Waals surface area contributed by atoms with Gasteiger partial charge in [-0.1, -0.05) is 6.92 Å². The van der Waals surface area contributed by atoms with Crippen molar-refractivity contribution in [3.8, 4) is 0 Å². The van der Waals surface area contributed by atoms with Gasteiger partial charge in [0, 0.05) is 0 Å². The molecule has 16 heavy (non-hydrogen) atoms. The fraction of sp³-hybridized carbons (Fsp3) is 0.917. The van der Waals surface area contributed by atoms with Crippen LogP contribution < -0.4 is 0 Å². The molecule has 3 atom stereocenters. The normalized spacial score (nSPS) is 36.8. The quantitative estimate of drug-likeness (QED) is 0.729. The van der Waals surface area contributed by atoms with E-state index in [9.17, 15) is 9.90 Å². The van der Waals surface area contributed by atoms with Crippen molar-refractivity contribution in [2.75, 3.05) is 11.5 Å². The minimum atomic E-state index is -0.638. The molecule has 3 nitrogen and oxygen atoms in total. The number of hydrogen-bond donors (Lipinski definition) is 1. The van der Waals surface area contributed by atoms with Crippen LogP contribution in [0.2, 0.25) is 0 Å². The van der Waals surface area contributed by atoms with Gasteiger partial charge in [0.1, 0.15) is 0 Å². The largest absolute Gasteiger partial charge is 0.481 e. The van der Waals surface area contributed by atoms with Gasteiger partial charge in [-0.25, -0.2) is 0 Å². The molecule has 2 heterocycles. The highest BCUT2D eigenvalue weighted by atomic mass is 32.2. The predicted octanol–water partition coefficient (Wildman–Crippen LogP) is 2.54. The summed E-state index contributed by atoms with van der Waals surface area (Å²) in [5.74, 6) is 1.55. The molecule has 2 saturated heterocycles. The Bertz CT molecular complexity index is 269. The molecule has 92 valence electrons. The molecule has 4 heteroatoms. The third-order valence-corrected chi connectivity index (χ3v) is 4.84. The zero-order chi connectivity index (χ0) is 11.6. The molecule has 0 aromatic carbocycles. The molecule has 2 rings (SSSR count). The van der Waals surface area contributed by atoms with Crippen LogP contribution in [0.1, 0.15) is 39.0 Å². The third-order valence-electron chi connectivity index (χ3n) is 3.86. The molecule has 2 aliphatic heterocycles. The number of hydrogen-bond acceptors (Lipinski definition) is 3. The second kappa shape index (κ2) is 4.96. The van der Waals surface area contributed by atoms with Crippen molar-refractivity contribution in [2.24, 2.45) is 5.41 Å². The number of fused-ring (bicyclic) bond motifs is 2.